The minimum absolute atomic E-state index is 0.0946. The van der Waals surface area contributed by atoms with Crippen molar-refractivity contribution < 1.29 is 5.11 Å². The smallest absolute Gasteiger partial charge is 0.0678 e. The number of allylic oxidation sites excluding steroid dienone is 4. The van der Waals surface area contributed by atoms with Gasteiger partial charge in [-0.05, 0) is 122 Å². The molecule has 6 rings (SSSR count). The fraction of sp³-hybridized carbons (Fsp3) is 0.289. The summed E-state index contributed by atoms with van der Waals surface area (Å²) < 4.78 is 0. The maximum absolute atomic E-state index is 9.66. The molecule has 0 radical (unpaired) electrons. The van der Waals surface area contributed by atoms with Gasteiger partial charge in [0.15, 0.2) is 0 Å². The van der Waals surface area contributed by atoms with Crippen LogP contribution in [0, 0.1) is 0 Å². The van der Waals surface area contributed by atoms with Crippen molar-refractivity contribution in [1.82, 2.24) is 0 Å². The zero-order valence-electron chi connectivity index (χ0n) is 28.7. The summed E-state index contributed by atoms with van der Waals surface area (Å²) in [6, 6.07) is 37.9. The van der Waals surface area contributed by atoms with Crippen molar-refractivity contribution >= 4 is 22.7 Å². The lowest BCUT2D eigenvalue weighted by Crippen LogP contribution is -2.34. The number of aryl methyl sites for hydroxylation is 1. The number of hydrogen-bond donors (Lipinski definition) is 1. The second-order valence-electron chi connectivity index (χ2n) is 13.1. The summed E-state index contributed by atoms with van der Waals surface area (Å²) in [5, 5.41) is 9.66. The van der Waals surface area contributed by atoms with Gasteiger partial charge in [0.1, 0.15) is 0 Å². The monoisotopic (exact) mass is 634 g/mol. The highest BCUT2D eigenvalue weighted by Gasteiger charge is 2.23. The molecule has 0 fully saturated rings. The molecule has 0 aliphatic heterocycles. The molecule has 1 unspecified atom stereocenters. The van der Waals surface area contributed by atoms with Crippen molar-refractivity contribution in [2.45, 2.75) is 77.7 Å². The fourth-order valence-electron chi connectivity index (χ4n) is 6.85. The molecule has 1 atom stereocenters. The Bertz CT molecular complexity index is 1730. The summed E-state index contributed by atoms with van der Waals surface area (Å²) in [6.45, 7) is 4.61. The molecule has 0 amide bonds. The van der Waals surface area contributed by atoms with Crippen LogP contribution in [0.2, 0.25) is 0 Å². The second kappa shape index (κ2) is 16.5. The van der Waals surface area contributed by atoms with E-state index in [4.69, 9.17) is 0 Å². The highest BCUT2D eigenvalue weighted by Crippen LogP contribution is 2.37. The number of aliphatic hydroxyl groups excluding tert-OH is 1. The average molecular weight is 635 g/mol. The van der Waals surface area contributed by atoms with E-state index in [2.05, 4.69) is 157 Å². The van der Waals surface area contributed by atoms with Crippen LogP contribution >= 0.6 is 0 Å². The van der Waals surface area contributed by atoms with E-state index in [1.807, 2.05) is 0 Å². The maximum Gasteiger partial charge on any atom is 0.0678 e. The van der Waals surface area contributed by atoms with Gasteiger partial charge in [0.2, 0.25) is 0 Å². The Morgan fingerprint density at radius 3 is 1.81 bits per heavy atom. The molecule has 0 heterocycles. The van der Waals surface area contributed by atoms with E-state index < -0.39 is 0 Å². The Hall–Kier alpha value is -4.60. The fourth-order valence-corrected chi connectivity index (χ4v) is 6.85. The van der Waals surface area contributed by atoms with Gasteiger partial charge in [0.05, 0.1) is 12.6 Å². The van der Waals surface area contributed by atoms with Gasteiger partial charge in [-0.15, -0.1) is 0 Å². The third-order valence-electron chi connectivity index (χ3n) is 9.68. The first-order chi connectivity index (χ1) is 23.7. The van der Waals surface area contributed by atoms with Crippen LogP contribution in [-0.4, -0.2) is 17.8 Å². The maximum atomic E-state index is 9.66. The zero-order valence-corrected chi connectivity index (χ0v) is 28.7. The first-order valence-electron chi connectivity index (χ1n) is 18.0. The molecule has 3 nitrogen and oxygen atoms in total. The molecule has 246 valence electrons. The Morgan fingerprint density at radius 1 is 0.646 bits per heavy atom. The molecule has 48 heavy (non-hydrogen) atoms. The summed E-state index contributed by atoms with van der Waals surface area (Å²) in [6.07, 6.45) is 21.6. The minimum Gasteiger partial charge on any atom is -0.392 e. The Labute approximate surface area is 288 Å². The topological polar surface area (TPSA) is 26.7 Å². The SMILES string of the molecule is CCCCC1=CC=C(N(c2ccc(-c3ccc(N(c4ccccc4)c4ccc(CCCC)cc4)cc3)cc2)C2C=CC(CO)=CC2)CC1. The summed E-state index contributed by atoms with van der Waals surface area (Å²) in [5.41, 5.74) is 12.4. The molecule has 1 N–H and O–H groups in total. The van der Waals surface area contributed by atoms with Gasteiger partial charge in [-0.3, -0.25) is 0 Å². The molecule has 0 bridgehead atoms. The van der Waals surface area contributed by atoms with E-state index in [1.165, 1.54) is 65.9 Å². The normalized spacial score (nSPS) is 15.8. The van der Waals surface area contributed by atoms with Gasteiger partial charge in [-0.1, -0.05) is 111 Å². The largest absolute Gasteiger partial charge is 0.392 e. The lowest BCUT2D eigenvalue weighted by atomic mass is 9.94. The summed E-state index contributed by atoms with van der Waals surface area (Å²) in [7, 11) is 0. The minimum atomic E-state index is 0.0946. The quantitative estimate of drug-likeness (QED) is 0.149. The third-order valence-corrected chi connectivity index (χ3v) is 9.68. The molecular formula is C45H50N2O. The highest BCUT2D eigenvalue weighted by molar-refractivity contribution is 5.78. The Balaban J connectivity index is 1.25. The van der Waals surface area contributed by atoms with Crippen LogP contribution < -0.4 is 9.80 Å². The van der Waals surface area contributed by atoms with E-state index in [9.17, 15) is 5.11 Å². The molecule has 2 aliphatic carbocycles. The first kappa shape index (κ1) is 33.3. The van der Waals surface area contributed by atoms with Crippen molar-refractivity contribution in [3.63, 3.8) is 0 Å². The Morgan fingerprint density at radius 2 is 1.25 bits per heavy atom. The van der Waals surface area contributed by atoms with E-state index in [-0.39, 0.29) is 12.6 Å². The van der Waals surface area contributed by atoms with Crippen LogP contribution in [-0.2, 0) is 6.42 Å². The lowest BCUT2D eigenvalue weighted by molar-refractivity contribution is 0.334. The number of rotatable bonds is 14. The number of hydrogen-bond acceptors (Lipinski definition) is 3. The molecule has 2 aliphatic rings. The van der Waals surface area contributed by atoms with Crippen molar-refractivity contribution in [3.8, 4) is 11.1 Å². The van der Waals surface area contributed by atoms with Crippen LogP contribution in [0.25, 0.3) is 11.1 Å². The van der Waals surface area contributed by atoms with Gasteiger partial charge in [-0.2, -0.15) is 0 Å². The second-order valence-corrected chi connectivity index (χ2v) is 13.1. The molecule has 0 spiro atoms. The summed E-state index contributed by atoms with van der Waals surface area (Å²) in [5.74, 6) is 0. The number of benzene rings is 4. The first-order valence-corrected chi connectivity index (χ1v) is 18.0. The molecular weight excluding hydrogens is 585 g/mol. The highest BCUT2D eigenvalue weighted by atomic mass is 16.3. The zero-order chi connectivity index (χ0) is 33.1. The molecule has 4 aromatic carbocycles. The predicted octanol–water partition coefficient (Wildman–Crippen LogP) is 12.0. The summed E-state index contributed by atoms with van der Waals surface area (Å²) >= 11 is 0. The van der Waals surface area contributed by atoms with E-state index in [0.29, 0.717) is 0 Å². The number of para-hydroxylation sites is 1. The standard InChI is InChI=1S/C45H50N2O/c1-3-5-10-35-14-24-41(25-15-35)46(40-12-8-7-9-13-40)44-30-20-38(21-31-44)39-22-32-45(33-23-39)47(43-28-18-37(34-48)19-29-43)42-26-16-36(17-27-42)11-6-4-2/h7-9,12-16,18-26,28,30-33,43,48H,3-6,10-11,17,27,29,34H2,1-2H3. The number of unbranched alkanes of at least 4 members (excludes halogenated alkanes) is 2. The van der Waals surface area contributed by atoms with Crippen molar-refractivity contribution in [1.29, 1.82) is 0 Å². The van der Waals surface area contributed by atoms with Gasteiger partial charge >= 0.3 is 0 Å². The van der Waals surface area contributed by atoms with Crippen LogP contribution in [0.15, 0.2) is 150 Å². The van der Waals surface area contributed by atoms with Crippen molar-refractivity contribution in [2.24, 2.45) is 0 Å². The number of nitrogens with zero attached hydrogens (tertiary/aromatic N) is 2. The third kappa shape index (κ3) is 8.09. The van der Waals surface area contributed by atoms with Gasteiger partial charge in [0.25, 0.3) is 0 Å². The average Bonchev–Trinajstić information content (AvgIpc) is 3.16. The molecule has 4 aromatic rings. The van der Waals surface area contributed by atoms with Crippen LogP contribution in [0.3, 0.4) is 0 Å². The predicted molar refractivity (Wildman–Crippen MR) is 205 cm³/mol. The number of aliphatic hydroxyl groups is 1. The van der Waals surface area contributed by atoms with Crippen molar-refractivity contribution in [3.05, 3.63) is 156 Å². The molecule has 3 heteroatoms. The van der Waals surface area contributed by atoms with Crippen molar-refractivity contribution in [2.75, 3.05) is 16.4 Å². The van der Waals surface area contributed by atoms with Crippen LogP contribution in [0.1, 0.15) is 70.8 Å². The molecule has 0 aromatic heterocycles. The van der Waals surface area contributed by atoms with E-state index in [0.717, 1.165) is 42.6 Å². The van der Waals surface area contributed by atoms with Crippen LogP contribution in [0.5, 0.6) is 0 Å². The lowest BCUT2D eigenvalue weighted by Gasteiger charge is -2.36. The van der Waals surface area contributed by atoms with Crippen LogP contribution in [0.4, 0.5) is 22.7 Å². The molecule has 0 saturated carbocycles. The Kier molecular flexibility index (Phi) is 11.4. The number of anilines is 4. The summed E-state index contributed by atoms with van der Waals surface area (Å²) in [4.78, 5) is 4.84. The molecule has 0 saturated heterocycles. The van der Waals surface area contributed by atoms with Gasteiger partial charge in [-0.25, -0.2) is 0 Å². The van der Waals surface area contributed by atoms with Gasteiger partial charge in [0, 0.05) is 28.4 Å². The van der Waals surface area contributed by atoms with E-state index >= 15 is 0 Å². The van der Waals surface area contributed by atoms with E-state index in [1.54, 1.807) is 5.57 Å². The van der Waals surface area contributed by atoms with Gasteiger partial charge < -0.3 is 14.9 Å².